The minimum atomic E-state index is -0.393. The summed E-state index contributed by atoms with van der Waals surface area (Å²) in [5.41, 5.74) is 9.73. The highest BCUT2D eigenvalue weighted by molar-refractivity contribution is 5.90. The summed E-state index contributed by atoms with van der Waals surface area (Å²) < 4.78 is 11.9. The molecule has 2 aromatic heterocycles. The Balaban J connectivity index is 0.000000214. The Hall–Kier alpha value is -4.39. The van der Waals surface area contributed by atoms with E-state index in [1.807, 2.05) is 65.6 Å². The Labute approximate surface area is 191 Å². The van der Waals surface area contributed by atoms with Gasteiger partial charge >= 0.3 is 5.97 Å². The molecule has 0 bridgehead atoms. The van der Waals surface area contributed by atoms with Gasteiger partial charge in [0.05, 0.1) is 37.4 Å². The second-order valence-corrected chi connectivity index (χ2v) is 7.36. The molecule has 2 heterocycles. The van der Waals surface area contributed by atoms with E-state index in [9.17, 15) is 4.79 Å². The van der Waals surface area contributed by atoms with Crippen LogP contribution in [-0.4, -0.2) is 35.0 Å². The summed E-state index contributed by atoms with van der Waals surface area (Å²) >= 11 is 0. The first-order chi connectivity index (χ1) is 16.1. The van der Waals surface area contributed by atoms with Gasteiger partial charge in [-0.3, -0.25) is 9.67 Å². The van der Waals surface area contributed by atoms with Gasteiger partial charge in [-0.05, 0) is 42.5 Å². The fraction of sp³-hybridized carbons (Fsp3) is 0.115. The van der Waals surface area contributed by atoms with Crippen molar-refractivity contribution in [3.8, 4) is 5.75 Å². The molecule has 0 saturated carbocycles. The number of para-hydroxylation sites is 1. The minimum Gasteiger partial charge on any atom is -0.496 e. The van der Waals surface area contributed by atoms with Crippen LogP contribution in [0.5, 0.6) is 5.75 Å². The molecule has 0 fully saturated rings. The zero-order chi connectivity index (χ0) is 23.2. The predicted molar refractivity (Wildman–Crippen MR) is 129 cm³/mol. The molecule has 0 spiro atoms. The minimum absolute atomic E-state index is 0.393. The van der Waals surface area contributed by atoms with Gasteiger partial charge in [-0.1, -0.05) is 30.3 Å². The van der Waals surface area contributed by atoms with Crippen molar-refractivity contribution in [1.82, 2.24) is 14.8 Å². The van der Waals surface area contributed by atoms with E-state index in [0.717, 1.165) is 22.0 Å². The smallest absolute Gasteiger partial charge is 0.337 e. The Morgan fingerprint density at radius 1 is 0.939 bits per heavy atom. The monoisotopic (exact) mass is 440 g/mol. The fourth-order valence-electron chi connectivity index (χ4n) is 3.48. The molecular weight excluding hydrogens is 416 g/mol. The highest BCUT2D eigenvalue weighted by atomic mass is 16.5. The van der Waals surface area contributed by atoms with Crippen molar-refractivity contribution in [3.05, 3.63) is 96.3 Å². The van der Waals surface area contributed by atoms with Crippen LogP contribution in [0.25, 0.3) is 21.8 Å². The fourth-order valence-corrected chi connectivity index (χ4v) is 3.48. The van der Waals surface area contributed by atoms with Gasteiger partial charge in [0.25, 0.3) is 0 Å². The molecule has 2 N–H and O–H groups in total. The maximum absolute atomic E-state index is 11.6. The van der Waals surface area contributed by atoms with Crippen molar-refractivity contribution in [3.63, 3.8) is 0 Å². The highest BCUT2D eigenvalue weighted by Crippen LogP contribution is 2.23. The quantitative estimate of drug-likeness (QED) is 0.322. The van der Waals surface area contributed by atoms with Gasteiger partial charge in [-0.25, -0.2) is 4.79 Å². The van der Waals surface area contributed by atoms with Crippen molar-refractivity contribution >= 4 is 33.5 Å². The number of hydrogen-bond acceptors (Lipinski definition) is 6. The third-order valence-corrected chi connectivity index (χ3v) is 5.13. The third-order valence-electron chi connectivity index (χ3n) is 5.13. The number of carbonyl (C=O) groups is 1. The van der Waals surface area contributed by atoms with Crippen molar-refractivity contribution < 1.29 is 14.3 Å². The lowest BCUT2D eigenvalue weighted by Crippen LogP contribution is -2.05. The van der Waals surface area contributed by atoms with Crippen molar-refractivity contribution in [2.24, 2.45) is 0 Å². The summed E-state index contributed by atoms with van der Waals surface area (Å²) in [6.45, 7) is 0.527. The van der Waals surface area contributed by atoms with E-state index in [2.05, 4.69) is 22.2 Å². The summed E-state index contributed by atoms with van der Waals surface area (Å²) in [5.74, 6) is 0.224. The first kappa shape index (κ1) is 21.8. The molecule has 0 unspecified atom stereocenters. The molecule has 3 aromatic carbocycles. The van der Waals surface area contributed by atoms with E-state index in [1.54, 1.807) is 19.2 Å². The van der Waals surface area contributed by atoms with E-state index in [0.29, 0.717) is 23.5 Å². The van der Waals surface area contributed by atoms with Gasteiger partial charge < -0.3 is 15.2 Å². The first-order valence-corrected chi connectivity index (χ1v) is 10.3. The number of nitrogens with two attached hydrogens (primary N) is 1. The number of nitrogen functional groups attached to an aromatic ring is 1. The van der Waals surface area contributed by atoms with Crippen molar-refractivity contribution in [1.29, 1.82) is 0 Å². The standard InChI is InChI=1S/C17H17N3O3.C9H7N/c1-22-16-7-11(17(21)23-2)3-4-13(16)10-20-9-12-5-6-14(18)8-15(12)19-20;1-2-6-9-8(4-1)5-3-7-10-9/h3-9H,10,18H2,1-2H3;1-7H. The molecule has 5 aromatic rings. The Morgan fingerprint density at radius 3 is 2.55 bits per heavy atom. The maximum Gasteiger partial charge on any atom is 0.337 e. The highest BCUT2D eigenvalue weighted by Gasteiger charge is 2.11. The summed E-state index contributed by atoms with van der Waals surface area (Å²) in [6, 6.07) is 22.9. The normalized spacial score (nSPS) is 10.5. The second kappa shape index (κ2) is 9.82. The zero-order valence-electron chi connectivity index (χ0n) is 18.4. The van der Waals surface area contributed by atoms with Crippen LogP contribution >= 0.6 is 0 Å². The average Bonchev–Trinajstić information content (AvgIpc) is 3.25. The molecule has 7 nitrogen and oxygen atoms in total. The van der Waals surface area contributed by atoms with Crippen molar-refractivity contribution in [2.45, 2.75) is 6.54 Å². The number of fused-ring (bicyclic) bond motifs is 2. The lowest BCUT2D eigenvalue weighted by atomic mass is 10.1. The van der Waals surface area contributed by atoms with Crippen LogP contribution < -0.4 is 10.5 Å². The first-order valence-electron chi connectivity index (χ1n) is 10.3. The van der Waals surface area contributed by atoms with Crippen LogP contribution in [-0.2, 0) is 11.3 Å². The number of carbonyl (C=O) groups excluding carboxylic acids is 1. The number of aromatic nitrogens is 3. The second-order valence-electron chi connectivity index (χ2n) is 7.36. The summed E-state index contributed by atoms with van der Waals surface area (Å²) in [5, 5.41) is 6.72. The van der Waals surface area contributed by atoms with Gasteiger partial charge in [-0.15, -0.1) is 0 Å². The number of esters is 1. The Morgan fingerprint density at radius 2 is 1.76 bits per heavy atom. The van der Waals surface area contributed by atoms with Gasteiger partial charge in [-0.2, -0.15) is 5.10 Å². The third kappa shape index (κ3) is 5.10. The molecule has 0 atom stereocenters. The number of benzene rings is 3. The van der Waals surface area contributed by atoms with E-state index in [4.69, 9.17) is 15.2 Å². The van der Waals surface area contributed by atoms with Crippen molar-refractivity contribution in [2.75, 3.05) is 20.0 Å². The van der Waals surface area contributed by atoms with Crippen LogP contribution in [0.3, 0.4) is 0 Å². The number of methoxy groups -OCH3 is 2. The van der Waals surface area contributed by atoms with Gasteiger partial charge in [0.1, 0.15) is 5.75 Å². The predicted octanol–water partition coefficient (Wildman–Crippen LogP) is 4.70. The Bertz CT molecular complexity index is 1350. The molecule has 0 radical (unpaired) electrons. The average molecular weight is 441 g/mol. The number of pyridine rings is 1. The van der Waals surface area contributed by atoms with Gasteiger partial charge in [0.2, 0.25) is 0 Å². The summed E-state index contributed by atoms with van der Waals surface area (Å²) in [7, 11) is 2.92. The molecule has 166 valence electrons. The molecule has 0 aliphatic heterocycles. The molecule has 0 aliphatic carbocycles. The number of ether oxygens (including phenoxy) is 2. The number of anilines is 1. The van der Waals surface area contributed by atoms with E-state index >= 15 is 0 Å². The molecule has 7 heteroatoms. The molecule has 33 heavy (non-hydrogen) atoms. The van der Waals surface area contributed by atoms with Crippen LogP contribution in [0.4, 0.5) is 5.69 Å². The largest absolute Gasteiger partial charge is 0.496 e. The summed E-state index contributed by atoms with van der Waals surface area (Å²) in [6.07, 6.45) is 3.75. The Kier molecular flexibility index (Phi) is 6.50. The number of hydrogen-bond donors (Lipinski definition) is 1. The zero-order valence-corrected chi connectivity index (χ0v) is 18.4. The summed E-state index contributed by atoms with van der Waals surface area (Å²) in [4.78, 5) is 15.8. The van der Waals surface area contributed by atoms with Crippen LogP contribution in [0.1, 0.15) is 15.9 Å². The maximum atomic E-state index is 11.6. The van der Waals surface area contributed by atoms with E-state index in [1.165, 1.54) is 12.5 Å². The van der Waals surface area contributed by atoms with Crippen LogP contribution in [0.15, 0.2) is 85.2 Å². The van der Waals surface area contributed by atoms with Crippen LogP contribution in [0, 0.1) is 0 Å². The molecule has 5 rings (SSSR count). The molecule has 0 aliphatic rings. The SMILES string of the molecule is COC(=O)c1ccc(Cn2cc3ccc(N)cc3n2)c(OC)c1.c1ccc2ncccc2c1. The molecular formula is C26H24N4O3. The van der Waals surface area contributed by atoms with Crippen LogP contribution in [0.2, 0.25) is 0 Å². The van der Waals surface area contributed by atoms with Gasteiger partial charge in [0.15, 0.2) is 0 Å². The topological polar surface area (TPSA) is 92.3 Å². The lowest BCUT2D eigenvalue weighted by molar-refractivity contribution is 0.0600. The lowest BCUT2D eigenvalue weighted by Gasteiger charge is -2.10. The van der Waals surface area contributed by atoms with E-state index < -0.39 is 5.97 Å². The molecule has 0 amide bonds. The number of nitrogens with zero attached hydrogens (tertiary/aromatic N) is 3. The number of rotatable bonds is 4. The van der Waals surface area contributed by atoms with Gasteiger partial charge in [0, 0.05) is 34.4 Å². The molecule has 0 saturated heterocycles. The van der Waals surface area contributed by atoms with E-state index in [-0.39, 0.29) is 0 Å².